The number of hydrogen-bond acceptors (Lipinski definition) is 7. The number of ether oxygens (including phenoxy) is 3. The smallest absolute Gasteiger partial charge is 0.257 e. The number of rotatable bonds is 6. The summed E-state index contributed by atoms with van der Waals surface area (Å²) < 4.78 is 21.6. The summed E-state index contributed by atoms with van der Waals surface area (Å²) in [6, 6.07) is 15.4. The highest BCUT2D eigenvalue weighted by Crippen LogP contribution is 2.33. The first-order chi connectivity index (χ1) is 16.4. The summed E-state index contributed by atoms with van der Waals surface area (Å²) >= 11 is 11.4. The summed E-state index contributed by atoms with van der Waals surface area (Å²) in [6.07, 6.45) is 0. The van der Waals surface area contributed by atoms with Gasteiger partial charge in [-0.3, -0.25) is 10.1 Å². The van der Waals surface area contributed by atoms with Gasteiger partial charge in [0.05, 0.1) is 26.4 Å². The molecule has 4 aromatic rings. The first kappa shape index (κ1) is 23.3. The number of thiocarbonyl (C=S) groups is 1. The van der Waals surface area contributed by atoms with E-state index >= 15 is 0 Å². The largest absolute Gasteiger partial charge is 0.495 e. The molecule has 0 aliphatic rings. The van der Waals surface area contributed by atoms with Crippen LogP contribution in [0.5, 0.6) is 17.2 Å². The normalized spacial score (nSPS) is 10.6. The number of methoxy groups -OCH3 is 3. The molecule has 0 fully saturated rings. The predicted octanol–water partition coefficient (Wildman–Crippen LogP) is 5.30. The van der Waals surface area contributed by atoms with Gasteiger partial charge < -0.3 is 23.9 Å². The zero-order valence-electron chi connectivity index (χ0n) is 18.5. The minimum Gasteiger partial charge on any atom is -0.495 e. The quantitative estimate of drug-likeness (QED) is 0.346. The SMILES string of the molecule is COc1ccc(C(=O)NC(=S)Nc2ccc3oc(-c4ccc(OC)c(OC)c4)nc3c2)cc1Cl. The molecule has 0 atom stereocenters. The van der Waals surface area contributed by atoms with E-state index in [0.717, 1.165) is 5.56 Å². The molecule has 3 aromatic carbocycles. The Morgan fingerprint density at radius 1 is 0.941 bits per heavy atom. The second-order valence-corrected chi connectivity index (χ2v) is 7.84. The summed E-state index contributed by atoms with van der Waals surface area (Å²) in [7, 11) is 4.64. The van der Waals surface area contributed by atoms with Crippen LogP contribution in [0.4, 0.5) is 5.69 Å². The molecule has 0 bridgehead atoms. The number of nitrogens with one attached hydrogen (secondary N) is 2. The maximum absolute atomic E-state index is 12.5. The van der Waals surface area contributed by atoms with Gasteiger partial charge in [-0.25, -0.2) is 4.98 Å². The molecule has 1 amide bonds. The van der Waals surface area contributed by atoms with Crippen LogP contribution in [0.1, 0.15) is 10.4 Å². The molecular formula is C24H20ClN3O5S. The fourth-order valence-corrected chi connectivity index (χ4v) is 3.71. The van der Waals surface area contributed by atoms with Crippen LogP contribution in [0.2, 0.25) is 5.02 Å². The Balaban J connectivity index is 1.48. The van der Waals surface area contributed by atoms with Crippen LogP contribution >= 0.6 is 23.8 Å². The molecule has 0 aliphatic carbocycles. The van der Waals surface area contributed by atoms with E-state index in [1.807, 2.05) is 6.07 Å². The second-order valence-electron chi connectivity index (χ2n) is 7.03. The van der Waals surface area contributed by atoms with Gasteiger partial charge in [-0.15, -0.1) is 0 Å². The molecule has 1 aromatic heterocycles. The number of halogens is 1. The van der Waals surface area contributed by atoms with Gasteiger partial charge in [0.1, 0.15) is 11.3 Å². The number of aromatic nitrogens is 1. The number of anilines is 1. The van der Waals surface area contributed by atoms with E-state index in [-0.39, 0.29) is 5.11 Å². The van der Waals surface area contributed by atoms with Crippen molar-refractivity contribution in [3.63, 3.8) is 0 Å². The molecule has 0 saturated heterocycles. The van der Waals surface area contributed by atoms with E-state index < -0.39 is 5.91 Å². The van der Waals surface area contributed by atoms with Gasteiger partial charge in [-0.1, -0.05) is 11.6 Å². The fourth-order valence-electron chi connectivity index (χ4n) is 3.24. The molecule has 0 unspecified atom stereocenters. The van der Waals surface area contributed by atoms with Gasteiger partial charge >= 0.3 is 0 Å². The van der Waals surface area contributed by atoms with Crippen LogP contribution in [-0.2, 0) is 0 Å². The summed E-state index contributed by atoms with van der Waals surface area (Å²) in [5.41, 5.74) is 2.94. The van der Waals surface area contributed by atoms with Crippen LogP contribution in [0.3, 0.4) is 0 Å². The Hall–Kier alpha value is -3.82. The number of carbonyl (C=O) groups is 1. The number of hydrogen-bond donors (Lipinski definition) is 2. The number of carbonyl (C=O) groups excluding carboxylic acids is 1. The van der Waals surface area contributed by atoms with E-state index in [4.69, 9.17) is 42.4 Å². The van der Waals surface area contributed by atoms with Gasteiger partial charge in [0.15, 0.2) is 22.2 Å². The molecule has 10 heteroatoms. The third-order valence-corrected chi connectivity index (χ3v) is 5.42. The second kappa shape index (κ2) is 9.98. The molecule has 34 heavy (non-hydrogen) atoms. The van der Waals surface area contributed by atoms with E-state index in [0.29, 0.717) is 50.5 Å². The molecule has 4 rings (SSSR count). The number of benzene rings is 3. The Morgan fingerprint density at radius 2 is 1.68 bits per heavy atom. The average Bonchev–Trinajstić information content (AvgIpc) is 3.26. The fraction of sp³-hybridized carbons (Fsp3) is 0.125. The summed E-state index contributed by atoms with van der Waals surface area (Å²) in [6.45, 7) is 0. The highest BCUT2D eigenvalue weighted by Gasteiger charge is 2.14. The van der Waals surface area contributed by atoms with Crippen molar-refractivity contribution in [3.05, 3.63) is 65.2 Å². The van der Waals surface area contributed by atoms with Crippen molar-refractivity contribution < 1.29 is 23.4 Å². The molecule has 8 nitrogen and oxygen atoms in total. The number of oxazole rings is 1. The Bertz CT molecular complexity index is 1390. The molecule has 0 aliphatic heterocycles. The third kappa shape index (κ3) is 4.90. The van der Waals surface area contributed by atoms with Gasteiger partial charge in [0, 0.05) is 16.8 Å². The zero-order valence-corrected chi connectivity index (χ0v) is 20.0. The van der Waals surface area contributed by atoms with E-state index in [1.54, 1.807) is 56.7 Å². The highest BCUT2D eigenvalue weighted by atomic mass is 35.5. The predicted molar refractivity (Wildman–Crippen MR) is 134 cm³/mol. The first-order valence-corrected chi connectivity index (χ1v) is 10.8. The number of amides is 1. The van der Waals surface area contributed by atoms with E-state index in [9.17, 15) is 4.79 Å². The summed E-state index contributed by atoms with van der Waals surface area (Å²) in [4.78, 5) is 17.0. The lowest BCUT2D eigenvalue weighted by molar-refractivity contribution is 0.0977. The van der Waals surface area contributed by atoms with Crippen molar-refractivity contribution in [2.45, 2.75) is 0 Å². The van der Waals surface area contributed by atoms with Crippen LogP contribution in [0, 0.1) is 0 Å². The number of fused-ring (bicyclic) bond motifs is 1. The minimum absolute atomic E-state index is 0.125. The van der Waals surface area contributed by atoms with Crippen molar-refractivity contribution in [2.75, 3.05) is 26.6 Å². The molecule has 2 N–H and O–H groups in total. The lowest BCUT2D eigenvalue weighted by Crippen LogP contribution is -2.34. The third-order valence-electron chi connectivity index (χ3n) is 4.92. The van der Waals surface area contributed by atoms with Crippen LogP contribution in [0.15, 0.2) is 59.0 Å². The number of nitrogens with zero attached hydrogens (tertiary/aromatic N) is 1. The maximum atomic E-state index is 12.5. The molecule has 0 radical (unpaired) electrons. The van der Waals surface area contributed by atoms with Gasteiger partial charge in [0.2, 0.25) is 5.89 Å². The highest BCUT2D eigenvalue weighted by molar-refractivity contribution is 7.80. The van der Waals surface area contributed by atoms with E-state index in [2.05, 4.69) is 15.6 Å². The monoisotopic (exact) mass is 497 g/mol. The molecule has 1 heterocycles. The van der Waals surface area contributed by atoms with Crippen LogP contribution in [0.25, 0.3) is 22.6 Å². The summed E-state index contributed by atoms with van der Waals surface area (Å²) in [5.74, 6) is 1.69. The minimum atomic E-state index is -0.402. The van der Waals surface area contributed by atoms with Crippen molar-refractivity contribution in [1.29, 1.82) is 0 Å². The standard InChI is InChI=1S/C24H20ClN3O5S/c1-30-18-7-4-13(10-16(18)25)22(29)28-24(34)26-15-6-9-19-17(12-15)27-23(33-19)14-5-8-20(31-2)21(11-14)32-3/h4-12H,1-3H3,(H2,26,28,29,34). The summed E-state index contributed by atoms with van der Waals surface area (Å²) in [5, 5.41) is 6.06. The first-order valence-electron chi connectivity index (χ1n) is 10.0. The van der Waals surface area contributed by atoms with Crippen LogP contribution in [-0.4, -0.2) is 37.3 Å². The van der Waals surface area contributed by atoms with Crippen LogP contribution < -0.4 is 24.8 Å². The Labute approximate surface area is 205 Å². The topological polar surface area (TPSA) is 94.9 Å². The van der Waals surface area contributed by atoms with Crippen molar-refractivity contribution >= 4 is 51.6 Å². The van der Waals surface area contributed by atoms with E-state index in [1.165, 1.54) is 13.2 Å². The molecule has 174 valence electrons. The van der Waals surface area contributed by atoms with Gasteiger partial charge in [-0.2, -0.15) is 0 Å². The molecule has 0 saturated carbocycles. The zero-order chi connectivity index (χ0) is 24.2. The lowest BCUT2D eigenvalue weighted by Gasteiger charge is -2.10. The van der Waals surface area contributed by atoms with Crippen molar-refractivity contribution in [2.24, 2.45) is 0 Å². The Kier molecular flexibility index (Phi) is 6.85. The molecule has 0 spiro atoms. The van der Waals surface area contributed by atoms with Gasteiger partial charge in [-0.05, 0) is 66.8 Å². The molecular weight excluding hydrogens is 478 g/mol. The average molecular weight is 498 g/mol. The van der Waals surface area contributed by atoms with Gasteiger partial charge in [0.25, 0.3) is 5.91 Å². The maximum Gasteiger partial charge on any atom is 0.257 e. The van der Waals surface area contributed by atoms with Crippen molar-refractivity contribution in [3.8, 4) is 28.7 Å². The Morgan fingerprint density at radius 3 is 2.38 bits per heavy atom. The van der Waals surface area contributed by atoms with Crippen molar-refractivity contribution in [1.82, 2.24) is 10.3 Å². The lowest BCUT2D eigenvalue weighted by atomic mass is 10.2.